The van der Waals surface area contributed by atoms with Crippen molar-refractivity contribution in [3.8, 4) is 17.0 Å². The van der Waals surface area contributed by atoms with Gasteiger partial charge in [0.15, 0.2) is 5.82 Å². The smallest absolute Gasteiger partial charge is 0.152 e. The first-order chi connectivity index (χ1) is 9.51. The van der Waals surface area contributed by atoms with E-state index in [0.29, 0.717) is 0 Å². The van der Waals surface area contributed by atoms with Crippen LogP contribution >= 0.6 is 0 Å². The molecule has 0 fully saturated rings. The lowest BCUT2D eigenvalue weighted by atomic mass is 10.1. The molecule has 1 aromatic carbocycles. The van der Waals surface area contributed by atoms with Crippen LogP contribution in [0.2, 0.25) is 0 Å². The van der Waals surface area contributed by atoms with E-state index in [4.69, 9.17) is 4.74 Å². The molecule has 1 heterocycles. The molecule has 4 heteroatoms. The summed E-state index contributed by atoms with van der Waals surface area (Å²) in [4.78, 5) is 9.17. The van der Waals surface area contributed by atoms with Gasteiger partial charge in [-0.1, -0.05) is 0 Å². The zero-order valence-corrected chi connectivity index (χ0v) is 12.7. The van der Waals surface area contributed by atoms with Gasteiger partial charge in [0.1, 0.15) is 11.4 Å². The predicted octanol–water partition coefficient (Wildman–Crippen LogP) is 3.59. The number of aryl methyl sites for hydroxylation is 2. The highest BCUT2D eigenvalue weighted by atomic mass is 16.5. The summed E-state index contributed by atoms with van der Waals surface area (Å²) in [6.45, 7) is 7.97. The van der Waals surface area contributed by atoms with Crippen molar-refractivity contribution in [1.82, 2.24) is 9.97 Å². The molecule has 0 saturated carbocycles. The zero-order chi connectivity index (χ0) is 14.7. The van der Waals surface area contributed by atoms with Gasteiger partial charge in [0, 0.05) is 12.6 Å². The van der Waals surface area contributed by atoms with Gasteiger partial charge in [0.05, 0.1) is 17.5 Å². The molecule has 1 aromatic heterocycles. The molecular formula is C16H21N3O. The maximum absolute atomic E-state index is 5.65. The normalized spacial score (nSPS) is 10.7. The third-order valence-electron chi connectivity index (χ3n) is 3.04. The first kappa shape index (κ1) is 14.3. The second-order valence-corrected chi connectivity index (χ2v) is 5.03. The molecule has 0 amide bonds. The quantitative estimate of drug-likeness (QED) is 0.923. The number of hydrogen-bond acceptors (Lipinski definition) is 4. The Kier molecular flexibility index (Phi) is 4.23. The molecule has 2 rings (SSSR count). The summed E-state index contributed by atoms with van der Waals surface area (Å²) in [6, 6.07) is 7.95. The molecule has 0 bridgehead atoms. The van der Waals surface area contributed by atoms with E-state index in [1.54, 1.807) is 0 Å². The van der Waals surface area contributed by atoms with Gasteiger partial charge in [-0.3, -0.25) is 0 Å². The zero-order valence-electron chi connectivity index (χ0n) is 12.7. The monoisotopic (exact) mass is 271 g/mol. The summed E-state index contributed by atoms with van der Waals surface area (Å²) < 4.78 is 5.65. The van der Waals surface area contributed by atoms with Gasteiger partial charge in [-0.05, 0) is 52.0 Å². The number of hydrogen-bond donors (Lipinski definition) is 1. The van der Waals surface area contributed by atoms with E-state index in [1.807, 2.05) is 59.0 Å². The van der Waals surface area contributed by atoms with Crippen LogP contribution in [0.5, 0.6) is 5.75 Å². The number of ether oxygens (including phenoxy) is 1. The van der Waals surface area contributed by atoms with Crippen LogP contribution in [0.4, 0.5) is 5.82 Å². The highest BCUT2D eigenvalue weighted by Gasteiger charge is 2.10. The lowest BCUT2D eigenvalue weighted by Gasteiger charge is -2.12. The van der Waals surface area contributed by atoms with Crippen LogP contribution in [0.3, 0.4) is 0 Å². The number of rotatable bonds is 4. The number of anilines is 1. The van der Waals surface area contributed by atoms with Crippen molar-refractivity contribution in [2.45, 2.75) is 33.8 Å². The van der Waals surface area contributed by atoms with Gasteiger partial charge in [0.25, 0.3) is 0 Å². The van der Waals surface area contributed by atoms with Gasteiger partial charge in [0.2, 0.25) is 0 Å². The molecule has 0 aliphatic rings. The minimum Gasteiger partial charge on any atom is -0.491 e. The van der Waals surface area contributed by atoms with Crippen LogP contribution in [0.25, 0.3) is 11.3 Å². The van der Waals surface area contributed by atoms with E-state index >= 15 is 0 Å². The van der Waals surface area contributed by atoms with Gasteiger partial charge >= 0.3 is 0 Å². The van der Waals surface area contributed by atoms with Crippen molar-refractivity contribution in [2.75, 3.05) is 12.4 Å². The van der Waals surface area contributed by atoms with Crippen molar-refractivity contribution in [1.29, 1.82) is 0 Å². The maximum atomic E-state index is 5.65. The Labute approximate surface area is 120 Å². The van der Waals surface area contributed by atoms with Gasteiger partial charge in [-0.15, -0.1) is 0 Å². The third kappa shape index (κ3) is 3.07. The summed E-state index contributed by atoms with van der Waals surface area (Å²) in [7, 11) is 1.86. The average Bonchev–Trinajstić information content (AvgIpc) is 2.41. The topological polar surface area (TPSA) is 47.0 Å². The van der Waals surface area contributed by atoms with Crippen molar-refractivity contribution in [3.05, 3.63) is 35.7 Å². The van der Waals surface area contributed by atoms with Crippen LogP contribution in [-0.2, 0) is 0 Å². The molecule has 0 spiro atoms. The highest BCUT2D eigenvalue weighted by molar-refractivity contribution is 5.72. The molecule has 0 atom stereocenters. The SMILES string of the molecule is CNc1nc(C)c(C)nc1-c1ccc(OC(C)C)cc1. The minimum atomic E-state index is 0.176. The Morgan fingerprint density at radius 1 is 1.00 bits per heavy atom. The predicted molar refractivity (Wildman–Crippen MR) is 82.3 cm³/mol. The largest absolute Gasteiger partial charge is 0.491 e. The molecular weight excluding hydrogens is 250 g/mol. The Morgan fingerprint density at radius 3 is 2.15 bits per heavy atom. The molecule has 1 N–H and O–H groups in total. The highest BCUT2D eigenvalue weighted by Crippen LogP contribution is 2.27. The minimum absolute atomic E-state index is 0.176. The molecule has 0 aliphatic carbocycles. The number of nitrogens with zero attached hydrogens (tertiary/aromatic N) is 2. The van der Waals surface area contributed by atoms with Crippen LogP contribution in [-0.4, -0.2) is 23.1 Å². The van der Waals surface area contributed by atoms with E-state index in [9.17, 15) is 0 Å². The van der Waals surface area contributed by atoms with Gasteiger partial charge in [-0.2, -0.15) is 0 Å². The molecule has 0 radical (unpaired) electrons. The second kappa shape index (κ2) is 5.90. The summed E-state index contributed by atoms with van der Waals surface area (Å²) >= 11 is 0. The van der Waals surface area contributed by atoms with Crippen LogP contribution in [0.15, 0.2) is 24.3 Å². The van der Waals surface area contributed by atoms with Crippen molar-refractivity contribution in [3.63, 3.8) is 0 Å². The van der Waals surface area contributed by atoms with Crippen LogP contribution < -0.4 is 10.1 Å². The van der Waals surface area contributed by atoms with E-state index in [-0.39, 0.29) is 6.10 Å². The first-order valence-corrected chi connectivity index (χ1v) is 6.81. The molecule has 106 valence electrons. The van der Waals surface area contributed by atoms with Gasteiger partial charge in [-0.25, -0.2) is 9.97 Å². The Balaban J connectivity index is 2.38. The Hall–Kier alpha value is -2.10. The summed E-state index contributed by atoms with van der Waals surface area (Å²) in [5.41, 5.74) is 3.78. The molecule has 20 heavy (non-hydrogen) atoms. The van der Waals surface area contributed by atoms with E-state index < -0.39 is 0 Å². The second-order valence-electron chi connectivity index (χ2n) is 5.03. The molecule has 0 unspecified atom stereocenters. The summed E-state index contributed by atoms with van der Waals surface area (Å²) in [5.74, 6) is 1.66. The van der Waals surface area contributed by atoms with E-state index in [1.165, 1.54) is 0 Å². The standard InChI is InChI=1S/C16H21N3O/c1-10(2)20-14-8-6-13(7-9-14)15-16(17-5)19-12(4)11(3)18-15/h6-10H,1-5H3,(H,17,19). The van der Waals surface area contributed by atoms with Crippen LogP contribution in [0, 0.1) is 13.8 Å². The lowest BCUT2D eigenvalue weighted by Crippen LogP contribution is -2.05. The first-order valence-electron chi connectivity index (χ1n) is 6.81. The van der Waals surface area contributed by atoms with Crippen molar-refractivity contribution >= 4 is 5.82 Å². The summed E-state index contributed by atoms with van der Waals surface area (Å²) in [6.07, 6.45) is 0.176. The fourth-order valence-corrected chi connectivity index (χ4v) is 1.94. The number of nitrogens with one attached hydrogen (secondary N) is 1. The van der Waals surface area contributed by atoms with Crippen molar-refractivity contribution < 1.29 is 4.74 Å². The molecule has 4 nitrogen and oxygen atoms in total. The fourth-order valence-electron chi connectivity index (χ4n) is 1.94. The van der Waals surface area contributed by atoms with Crippen LogP contribution in [0.1, 0.15) is 25.2 Å². The molecule has 2 aromatic rings. The maximum Gasteiger partial charge on any atom is 0.152 e. The lowest BCUT2D eigenvalue weighted by molar-refractivity contribution is 0.242. The fraction of sp³-hybridized carbons (Fsp3) is 0.375. The summed E-state index contributed by atoms with van der Waals surface area (Å²) in [5, 5.41) is 3.10. The number of benzene rings is 1. The van der Waals surface area contributed by atoms with Crippen molar-refractivity contribution in [2.24, 2.45) is 0 Å². The Bertz CT molecular complexity index is 591. The van der Waals surface area contributed by atoms with E-state index in [2.05, 4.69) is 15.3 Å². The third-order valence-corrected chi connectivity index (χ3v) is 3.04. The Morgan fingerprint density at radius 2 is 1.60 bits per heavy atom. The number of aromatic nitrogens is 2. The van der Waals surface area contributed by atoms with Gasteiger partial charge < -0.3 is 10.1 Å². The molecule has 0 saturated heterocycles. The molecule has 0 aliphatic heterocycles. The van der Waals surface area contributed by atoms with E-state index in [0.717, 1.165) is 34.2 Å². The average molecular weight is 271 g/mol.